The van der Waals surface area contributed by atoms with Crippen LogP contribution in [0.4, 0.5) is 0 Å². The maximum absolute atomic E-state index is 3.54. The van der Waals surface area contributed by atoms with Gasteiger partial charge in [-0.3, -0.25) is 0 Å². The van der Waals surface area contributed by atoms with Crippen LogP contribution in [0, 0.1) is 5.92 Å². The molecule has 1 heterocycles. The van der Waals surface area contributed by atoms with Gasteiger partial charge in [0.05, 0.1) is 5.37 Å². The highest BCUT2D eigenvalue weighted by Gasteiger charge is 2.31. The van der Waals surface area contributed by atoms with Crippen LogP contribution in [0.1, 0.15) is 19.3 Å². The quantitative estimate of drug-likeness (QED) is 0.596. The second kappa shape index (κ2) is 2.51. The molecular weight excluding hydrogens is 130 g/mol. The maximum Gasteiger partial charge on any atom is 0.0560 e. The number of rotatable bonds is 1. The van der Waals surface area contributed by atoms with E-state index in [1.54, 1.807) is 0 Å². The molecule has 0 amide bonds. The van der Waals surface area contributed by atoms with E-state index in [0.717, 1.165) is 11.3 Å². The van der Waals surface area contributed by atoms with Crippen molar-refractivity contribution < 1.29 is 0 Å². The average Bonchev–Trinajstić information content (AvgIpc) is 2.71. The predicted octanol–water partition coefficient (Wildman–Crippen LogP) is 1.45. The number of nitrogens with one attached hydrogen (secondary N) is 1. The third-order valence-corrected chi connectivity index (χ3v) is 3.45. The normalized spacial score (nSPS) is 36.7. The molecule has 1 aliphatic heterocycles. The Morgan fingerprint density at radius 2 is 2.22 bits per heavy atom. The summed E-state index contributed by atoms with van der Waals surface area (Å²) in [5.41, 5.74) is 0. The van der Waals surface area contributed by atoms with E-state index in [0.29, 0.717) is 0 Å². The Labute approximate surface area is 60.6 Å². The summed E-state index contributed by atoms with van der Waals surface area (Å²) < 4.78 is 0. The average molecular weight is 143 g/mol. The maximum atomic E-state index is 3.54. The number of hydrogen-bond acceptors (Lipinski definition) is 2. The van der Waals surface area contributed by atoms with Gasteiger partial charge in [0.2, 0.25) is 0 Å². The number of thioether (sulfide) groups is 1. The first kappa shape index (κ1) is 6.05. The monoisotopic (exact) mass is 143 g/mol. The molecule has 0 aromatic heterocycles. The molecular formula is C7H13NS. The molecule has 2 aliphatic rings. The molecule has 1 saturated carbocycles. The topological polar surface area (TPSA) is 12.0 Å². The highest BCUT2D eigenvalue weighted by molar-refractivity contribution is 7.99. The van der Waals surface area contributed by atoms with Crippen molar-refractivity contribution in [1.82, 2.24) is 5.32 Å². The van der Waals surface area contributed by atoms with Gasteiger partial charge in [-0.15, -0.1) is 11.8 Å². The molecule has 1 aliphatic carbocycles. The molecule has 0 aromatic rings. The summed E-state index contributed by atoms with van der Waals surface area (Å²) in [6.07, 6.45) is 4.32. The summed E-state index contributed by atoms with van der Waals surface area (Å²) >= 11 is 2.12. The molecule has 2 fully saturated rings. The molecule has 1 saturated heterocycles. The van der Waals surface area contributed by atoms with Crippen LogP contribution in [0.25, 0.3) is 0 Å². The zero-order valence-electron chi connectivity index (χ0n) is 5.60. The third kappa shape index (κ3) is 1.41. The van der Waals surface area contributed by atoms with E-state index in [1.807, 2.05) is 0 Å². The summed E-state index contributed by atoms with van der Waals surface area (Å²) in [5, 5.41) is 4.38. The first-order valence-electron chi connectivity index (χ1n) is 3.82. The lowest BCUT2D eigenvalue weighted by atomic mass is 10.4. The molecule has 1 N–H and O–H groups in total. The fraction of sp³-hybridized carbons (Fsp3) is 1.00. The minimum absolute atomic E-state index is 0.832. The van der Waals surface area contributed by atoms with Gasteiger partial charge < -0.3 is 5.32 Å². The summed E-state index contributed by atoms with van der Waals surface area (Å²) in [7, 11) is 0. The molecule has 0 bridgehead atoms. The minimum atomic E-state index is 0.832. The molecule has 2 rings (SSSR count). The Morgan fingerprint density at radius 3 is 2.78 bits per heavy atom. The summed E-state index contributed by atoms with van der Waals surface area (Å²) in [6, 6.07) is 0. The van der Waals surface area contributed by atoms with Crippen molar-refractivity contribution in [2.24, 2.45) is 5.92 Å². The molecule has 0 aromatic carbocycles. The SMILES string of the molecule is C1CNC(C2CC2)SC1. The van der Waals surface area contributed by atoms with Gasteiger partial charge in [0.1, 0.15) is 0 Å². The van der Waals surface area contributed by atoms with Crippen LogP contribution in [-0.4, -0.2) is 17.7 Å². The Kier molecular flexibility index (Phi) is 1.68. The lowest BCUT2D eigenvalue weighted by Crippen LogP contribution is -2.33. The fourth-order valence-electron chi connectivity index (χ4n) is 1.29. The molecule has 0 spiro atoms. The predicted molar refractivity (Wildman–Crippen MR) is 41.6 cm³/mol. The summed E-state index contributed by atoms with van der Waals surface area (Å²) in [4.78, 5) is 0. The molecule has 1 unspecified atom stereocenters. The smallest absolute Gasteiger partial charge is 0.0560 e. The van der Waals surface area contributed by atoms with Gasteiger partial charge in [0.15, 0.2) is 0 Å². The largest absolute Gasteiger partial charge is 0.305 e. The van der Waals surface area contributed by atoms with E-state index >= 15 is 0 Å². The van der Waals surface area contributed by atoms with Crippen molar-refractivity contribution in [3.8, 4) is 0 Å². The van der Waals surface area contributed by atoms with Crippen LogP contribution in [0.15, 0.2) is 0 Å². The van der Waals surface area contributed by atoms with Gasteiger partial charge in [-0.1, -0.05) is 0 Å². The molecule has 52 valence electrons. The van der Waals surface area contributed by atoms with Gasteiger partial charge in [-0.25, -0.2) is 0 Å². The van der Waals surface area contributed by atoms with Crippen LogP contribution in [0.2, 0.25) is 0 Å². The van der Waals surface area contributed by atoms with E-state index in [9.17, 15) is 0 Å². The standard InChI is InChI=1S/C7H13NS/c1-4-8-7(9-5-1)6-2-3-6/h6-8H,1-5H2. The number of hydrogen-bond donors (Lipinski definition) is 1. The molecule has 1 nitrogen and oxygen atoms in total. The van der Waals surface area contributed by atoms with E-state index in [-0.39, 0.29) is 0 Å². The lowest BCUT2D eigenvalue weighted by molar-refractivity contribution is 0.574. The molecule has 1 atom stereocenters. The van der Waals surface area contributed by atoms with Crippen LogP contribution in [-0.2, 0) is 0 Å². The van der Waals surface area contributed by atoms with Crippen LogP contribution in [0.5, 0.6) is 0 Å². The second-order valence-electron chi connectivity index (χ2n) is 2.94. The third-order valence-electron chi connectivity index (χ3n) is 2.01. The van der Waals surface area contributed by atoms with E-state index in [1.165, 1.54) is 31.6 Å². The van der Waals surface area contributed by atoms with Crippen LogP contribution in [0.3, 0.4) is 0 Å². The molecule has 0 radical (unpaired) electrons. The van der Waals surface area contributed by atoms with Crippen LogP contribution < -0.4 is 5.32 Å². The van der Waals surface area contributed by atoms with Crippen molar-refractivity contribution in [1.29, 1.82) is 0 Å². The van der Waals surface area contributed by atoms with E-state index in [4.69, 9.17) is 0 Å². The first-order valence-corrected chi connectivity index (χ1v) is 4.87. The van der Waals surface area contributed by atoms with E-state index in [2.05, 4.69) is 17.1 Å². The van der Waals surface area contributed by atoms with Crippen molar-refractivity contribution in [3.63, 3.8) is 0 Å². The second-order valence-corrected chi connectivity index (χ2v) is 4.19. The fourth-order valence-corrected chi connectivity index (χ4v) is 2.63. The zero-order chi connectivity index (χ0) is 6.10. The summed E-state index contributed by atoms with van der Waals surface area (Å²) in [5.74, 6) is 2.42. The van der Waals surface area contributed by atoms with Gasteiger partial charge in [0, 0.05) is 0 Å². The lowest BCUT2D eigenvalue weighted by Gasteiger charge is -2.22. The van der Waals surface area contributed by atoms with Gasteiger partial charge in [-0.05, 0) is 37.5 Å². The Bertz CT molecular complexity index is 95.1. The minimum Gasteiger partial charge on any atom is -0.305 e. The van der Waals surface area contributed by atoms with Crippen molar-refractivity contribution in [2.45, 2.75) is 24.6 Å². The highest BCUT2D eigenvalue weighted by atomic mass is 32.2. The van der Waals surface area contributed by atoms with Crippen molar-refractivity contribution in [3.05, 3.63) is 0 Å². The molecule has 9 heavy (non-hydrogen) atoms. The first-order chi connectivity index (χ1) is 4.47. The van der Waals surface area contributed by atoms with Gasteiger partial charge in [0.25, 0.3) is 0 Å². The van der Waals surface area contributed by atoms with E-state index < -0.39 is 0 Å². The van der Waals surface area contributed by atoms with Crippen LogP contribution >= 0.6 is 11.8 Å². The van der Waals surface area contributed by atoms with Gasteiger partial charge in [-0.2, -0.15) is 0 Å². The van der Waals surface area contributed by atoms with Gasteiger partial charge >= 0.3 is 0 Å². The zero-order valence-corrected chi connectivity index (χ0v) is 6.41. The summed E-state index contributed by atoms with van der Waals surface area (Å²) in [6.45, 7) is 1.26. The van der Waals surface area contributed by atoms with Crippen molar-refractivity contribution in [2.75, 3.05) is 12.3 Å². The highest BCUT2D eigenvalue weighted by Crippen LogP contribution is 2.38. The van der Waals surface area contributed by atoms with Crippen molar-refractivity contribution >= 4 is 11.8 Å². The molecule has 2 heteroatoms. The Morgan fingerprint density at radius 1 is 1.33 bits per heavy atom. The Hall–Kier alpha value is 0.310. The Balaban J connectivity index is 1.80.